The van der Waals surface area contributed by atoms with Crippen LogP contribution in [0, 0.1) is 0 Å². The predicted octanol–water partition coefficient (Wildman–Crippen LogP) is 4.23. The number of methoxy groups -OCH3 is 2. The van der Waals surface area contributed by atoms with E-state index in [9.17, 15) is 22.8 Å². The molecule has 0 saturated carbocycles. The maximum absolute atomic E-state index is 12.9. The number of benzene rings is 1. The molecule has 0 aliphatic heterocycles. The first kappa shape index (κ1) is 21.5. The molecule has 0 radical (unpaired) electrons. The van der Waals surface area contributed by atoms with E-state index in [0.29, 0.717) is 5.39 Å². The monoisotopic (exact) mass is 423 g/mol. The summed E-state index contributed by atoms with van der Waals surface area (Å²) in [5.41, 5.74) is -0.811. The quantitative estimate of drug-likeness (QED) is 0.625. The lowest BCUT2D eigenvalue weighted by molar-refractivity contribution is -0.141. The topological polar surface area (TPSA) is 55.8 Å². The summed E-state index contributed by atoms with van der Waals surface area (Å²) in [6.45, 7) is 0.506. The molecule has 0 spiro atoms. The Morgan fingerprint density at radius 2 is 1.93 bits per heavy atom. The predicted molar refractivity (Wildman–Crippen MR) is 96.2 cm³/mol. The first-order valence-corrected chi connectivity index (χ1v) is 9.02. The highest BCUT2D eigenvalue weighted by Gasteiger charge is 2.31. The number of thiophene rings is 1. The van der Waals surface area contributed by atoms with Crippen LogP contribution in [0.25, 0.3) is 10.1 Å². The molecule has 0 saturated heterocycles. The van der Waals surface area contributed by atoms with Crippen molar-refractivity contribution < 1.29 is 32.2 Å². The third-order valence-electron chi connectivity index (χ3n) is 3.82. The van der Waals surface area contributed by atoms with Crippen molar-refractivity contribution >= 4 is 44.9 Å². The Hall–Kier alpha value is -1.84. The Balaban J connectivity index is 2.34. The van der Waals surface area contributed by atoms with Gasteiger partial charge in [0.15, 0.2) is 0 Å². The van der Waals surface area contributed by atoms with E-state index in [1.54, 1.807) is 0 Å². The van der Waals surface area contributed by atoms with Gasteiger partial charge in [0, 0.05) is 30.3 Å². The average Bonchev–Trinajstić information content (AvgIpc) is 2.96. The van der Waals surface area contributed by atoms with Gasteiger partial charge in [-0.15, -0.1) is 11.3 Å². The van der Waals surface area contributed by atoms with Gasteiger partial charge < -0.3 is 14.4 Å². The molecule has 1 aromatic heterocycles. The molecule has 0 aliphatic rings. The second-order valence-corrected chi connectivity index (χ2v) is 7.00. The van der Waals surface area contributed by atoms with Crippen LogP contribution < -0.4 is 0 Å². The minimum absolute atomic E-state index is 0.0211. The van der Waals surface area contributed by atoms with Gasteiger partial charge in [0.2, 0.25) is 0 Å². The van der Waals surface area contributed by atoms with Crippen molar-refractivity contribution in [1.82, 2.24) is 4.90 Å². The molecule has 0 unspecified atom stereocenters. The van der Waals surface area contributed by atoms with Gasteiger partial charge in [-0.05, 0) is 12.1 Å². The van der Waals surface area contributed by atoms with E-state index in [2.05, 4.69) is 4.74 Å². The normalized spacial score (nSPS) is 11.6. The van der Waals surface area contributed by atoms with Crippen molar-refractivity contribution in [3.8, 4) is 0 Å². The van der Waals surface area contributed by atoms with E-state index < -0.39 is 23.6 Å². The Morgan fingerprint density at radius 3 is 2.52 bits per heavy atom. The molecule has 0 fully saturated rings. The highest BCUT2D eigenvalue weighted by atomic mass is 35.5. The first-order valence-electron chi connectivity index (χ1n) is 7.83. The van der Waals surface area contributed by atoms with Crippen LogP contribution in [0.1, 0.15) is 21.7 Å². The van der Waals surface area contributed by atoms with Gasteiger partial charge in [0.1, 0.15) is 4.88 Å². The van der Waals surface area contributed by atoms with Crippen molar-refractivity contribution in [2.75, 3.05) is 33.9 Å². The van der Waals surface area contributed by atoms with Crippen LogP contribution in [0.2, 0.25) is 5.02 Å². The maximum Gasteiger partial charge on any atom is 0.416 e. The van der Waals surface area contributed by atoms with Crippen LogP contribution in [-0.2, 0) is 20.4 Å². The van der Waals surface area contributed by atoms with Crippen molar-refractivity contribution in [2.24, 2.45) is 0 Å². The fraction of sp³-hybridized carbons (Fsp3) is 0.412. The summed E-state index contributed by atoms with van der Waals surface area (Å²) in [6.07, 6.45) is -4.51. The minimum Gasteiger partial charge on any atom is -0.469 e. The maximum atomic E-state index is 12.9. The number of nitrogens with zero attached hydrogens (tertiary/aromatic N) is 1. The first-order chi connectivity index (χ1) is 12.7. The van der Waals surface area contributed by atoms with E-state index in [1.807, 2.05) is 0 Å². The number of carbonyl (C=O) groups excluding carboxylic acids is 2. The van der Waals surface area contributed by atoms with Crippen molar-refractivity contribution in [2.45, 2.75) is 12.6 Å². The largest absolute Gasteiger partial charge is 0.469 e. The number of carbonyl (C=O) groups is 2. The van der Waals surface area contributed by atoms with Crippen LogP contribution in [-0.4, -0.2) is 50.7 Å². The fourth-order valence-corrected chi connectivity index (χ4v) is 3.89. The standard InChI is InChI=1S/C17H17ClF3NO4S/c1-25-8-7-22(6-5-13(23)26-2)16(24)15-14(18)11-4-3-10(17(19,20)21)9-12(11)27-15/h3-4,9H,5-8H2,1-2H3. The molecular formula is C17H17ClF3NO4S. The third-order valence-corrected chi connectivity index (χ3v) is 5.46. The summed E-state index contributed by atoms with van der Waals surface area (Å²) in [6, 6.07) is 3.15. The van der Waals surface area contributed by atoms with Gasteiger partial charge in [-0.25, -0.2) is 0 Å². The lowest BCUT2D eigenvalue weighted by atomic mass is 10.1. The van der Waals surface area contributed by atoms with Gasteiger partial charge in [0.05, 0.1) is 30.7 Å². The molecule has 5 nitrogen and oxygen atoms in total. The van der Waals surface area contributed by atoms with Crippen LogP contribution in [0.5, 0.6) is 0 Å². The van der Waals surface area contributed by atoms with Gasteiger partial charge >= 0.3 is 12.1 Å². The second kappa shape index (κ2) is 8.90. The Labute approximate surface area is 162 Å². The molecule has 0 bridgehead atoms. The highest BCUT2D eigenvalue weighted by Crippen LogP contribution is 2.39. The lowest BCUT2D eigenvalue weighted by Crippen LogP contribution is -2.35. The Morgan fingerprint density at radius 1 is 1.22 bits per heavy atom. The number of hydrogen-bond donors (Lipinski definition) is 0. The zero-order valence-electron chi connectivity index (χ0n) is 14.6. The fourth-order valence-electron chi connectivity index (χ4n) is 2.37. The van der Waals surface area contributed by atoms with E-state index >= 15 is 0 Å². The van der Waals surface area contributed by atoms with Crippen LogP contribution in [0.4, 0.5) is 13.2 Å². The lowest BCUT2D eigenvalue weighted by Gasteiger charge is -2.21. The Kier molecular flexibility index (Phi) is 7.07. The number of esters is 1. The van der Waals surface area contributed by atoms with Gasteiger partial charge in [-0.2, -0.15) is 13.2 Å². The zero-order chi connectivity index (χ0) is 20.2. The van der Waals surface area contributed by atoms with Crippen molar-refractivity contribution in [3.05, 3.63) is 33.7 Å². The van der Waals surface area contributed by atoms with E-state index in [-0.39, 0.29) is 40.7 Å². The molecule has 1 heterocycles. The minimum atomic E-state index is -4.49. The molecule has 1 amide bonds. The van der Waals surface area contributed by atoms with Gasteiger partial charge in [-0.3, -0.25) is 9.59 Å². The molecule has 10 heteroatoms. The van der Waals surface area contributed by atoms with Crippen molar-refractivity contribution in [3.63, 3.8) is 0 Å². The average molecular weight is 424 g/mol. The third kappa shape index (κ3) is 5.12. The highest BCUT2D eigenvalue weighted by molar-refractivity contribution is 7.21. The van der Waals surface area contributed by atoms with Gasteiger partial charge in [0.25, 0.3) is 5.91 Å². The van der Waals surface area contributed by atoms with Crippen LogP contribution in [0.15, 0.2) is 18.2 Å². The number of alkyl halides is 3. The molecule has 27 heavy (non-hydrogen) atoms. The molecule has 148 valence electrons. The number of hydrogen-bond acceptors (Lipinski definition) is 5. The Bertz CT molecular complexity index is 837. The number of halogens is 4. The number of fused-ring (bicyclic) bond motifs is 1. The molecule has 0 N–H and O–H groups in total. The molecule has 0 aliphatic carbocycles. The number of rotatable bonds is 7. The van der Waals surface area contributed by atoms with E-state index in [1.165, 1.54) is 25.2 Å². The summed E-state index contributed by atoms with van der Waals surface area (Å²) in [4.78, 5) is 25.7. The summed E-state index contributed by atoms with van der Waals surface area (Å²) in [5.74, 6) is -0.960. The molecule has 0 atom stereocenters. The summed E-state index contributed by atoms with van der Waals surface area (Å²) < 4.78 is 48.5. The van der Waals surface area contributed by atoms with Gasteiger partial charge in [-0.1, -0.05) is 17.7 Å². The molecule has 1 aromatic carbocycles. The molecule has 2 aromatic rings. The zero-order valence-corrected chi connectivity index (χ0v) is 16.1. The summed E-state index contributed by atoms with van der Waals surface area (Å²) in [7, 11) is 2.71. The summed E-state index contributed by atoms with van der Waals surface area (Å²) >= 11 is 7.13. The van der Waals surface area contributed by atoms with Crippen LogP contribution in [0.3, 0.4) is 0 Å². The molecular weight excluding hydrogens is 407 g/mol. The number of amides is 1. The molecule has 2 rings (SSSR count). The van der Waals surface area contributed by atoms with E-state index in [4.69, 9.17) is 16.3 Å². The van der Waals surface area contributed by atoms with Crippen molar-refractivity contribution in [1.29, 1.82) is 0 Å². The SMILES string of the molecule is COCCN(CCC(=O)OC)C(=O)c1sc2cc(C(F)(F)F)ccc2c1Cl. The summed E-state index contributed by atoms with van der Waals surface area (Å²) in [5, 5.41) is 0.465. The smallest absolute Gasteiger partial charge is 0.416 e. The van der Waals surface area contributed by atoms with Crippen LogP contribution >= 0.6 is 22.9 Å². The second-order valence-electron chi connectivity index (χ2n) is 5.56. The number of ether oxygens (including phenoxy) is 2. The van der Waals surface area contributed by atoms with E-state index in [0.717, 1.165) is 23.5 Å².